The Bertz CT molecular complexity index is 478. The second kappa shape index (κ2) is 5.06. The predicted molar refractivity (Wildman–Crippen MR) is 76.8 cm³/mol. The number of amides is 1. The number of carbonyl (C=O) groups excluding carboxylic acids is 1. The summed E-state index contributed by atoms with van der Waals surface area (Å²) in [6.45, 7) is 4.67. The largest absolute Gasteiger partial charge is 0.392 e. The zero-order chi connectivity index (χ0) is 13.3. The lowest BCUT2D eigenvalue weighted by molar-refractivity contribution is 0.0769. The van der Waals surface area contributed by atoms with Crippen molar-refractivity contribution in [2.24, 2.45) is 5.73 Å². The van der Waals surface area contributed by atoms with Gasteiger partial charge in [0.1, 0.15) is 0 Å². The first-order chi connectivity index (χ1) is 8.52. The normalized spacial score (nSPS) is 19.0. The highest BCUT2D eigenvalue weighted by Crippen LogP contribution is 2.23. The van der Waals surface area contributed by atoms with E-state index < -0.39 is 0 Å². The Morgan fingerprint density at radius 1 is 1.39 bits per heavy atom. The maximum atomic E-state index is 12.6. The number of nitrogens with zero attached hydrogens (tertiary/aromatic N) is 1. The van der Waals surface area contributed by atoms with Crippen LogP contribution in [0, 0.1) is 13.8 Å². The van der Waals surface area contributed by atoms with Crippen LogP contribution in [0.1, 0.15) is 34.3 Å². The lowest BCUT2D eigenvalue weighted by Gasteiger charge is -2.25. The highest BCUT2D eigenvalue weighted by Gasteiger charge is 2.32. The Hall–Kier alpha value is -1.42. The molecule has 0 radical (unpaired) electrons. The second-order valence-electron chi connectivity index (χ2n) is 4.83. The first-order valence-corrected chi connectivity index (χ1v) is 6.59. The lowest BCUT2D eigenvalue weighted by atomic mass is 10.0. The molecule has 0 bridgehead atoms. The van der Waals surface area contributed by atoms with Gasteiger partial charge in [0.2, 0.25) is 0 Å². The topological polar surface area (TPSA) is 46.3 Å². The van der Waals surface area contributed by atoms with Crippen LogP contribution in [0.25, 0.3) is 0 Å². The fourth-order valence-corrected chi connectivity index (χ4v) is 2.85. The van der Waals surface area contributed by atoms with Crippen molar-refractivity contribution in [2.45, 2.75) is 32.7 Å². The molecule has 1 aromatic rings. The smallest absolute Gasteiger partial charge is 0.254 e. The lowest BCUT2D eigenvalue weighted by Crippen LogP contribution is -2.43. The number of benzene rings is 1. The van der Waals surface area contributed by atoms with Crippen molar-refractivity contribution in [3.8, 4) is 0 Å². The van der Waals surface area contributed by atoms with Crippen LogP contribution in [0.3, 0.4) is 0 Å². The number of nitrogens with two attached hydrogens (primary N) is 1. The van der Waals surface area contributed by atoms with Crippen molar-refractivity contribution in [3.05, 3.63) is 34.9 Å². The van der Waals surface area contributed by atoms with Gasteiger partial charge in [-0.05, 0) is 37.8 Å². The van der Waals surface area contributed by atoms with Crippen molar-refractivity contribution in [3.63, 3.8) is 0 Å². The second-order valence-corrected chi connectivity index (χ2v) is 5.30. The van der Waals surface area contributed by atoms with Crippen LogP contribution in [0.15, 0.2) is 18.2 Å². The van der Waals surface area contributed by atoms with Crippen LogP contribution in [-0.4, -0.2) is 28.4 Å². The Morgan fingerprint density at radius 3 is 2.56 bits per heavy atom. The van der Waals surface area contributed by atoms with Crippen molar-refractivity contribution >= 4 is 23.1 Å². The van der Waals surface area contributed by atoms with E-state index in [9.17, 15) is 4.79 Å². The third-order valence-corrected chi connectivity index (χ3v) is 3.81. The molecule has 1 atom stereocenters. The molecule has 1 aromatic carbocycles. The van der Waals surface area contributed by atoms with Crippen LogP contribution < -0.4 is 5.73 Å². The summed E-state index contributed by atoms with van der Waals surface area (Å²) in [5.74, 6) is 0.0564. The van der Waals surface area contributed by atoms with Crippen molar-refractivity contribution < 1.29 is 4.79 Å². The summed E-state index contributed by atoms with van der Waals surface area (Å²) in [5.41, 5.74) is 8.53. The van der Waals surface area contributed by atoms with E-state index in [2.05, 4.69) is 0 Å². The number of aryl methyl sites for hydroxylation is 2. The highest BCUT2D eigenvalue weighted by atomic mass is 32.1. The Morgan fingerprint density at radius 2 is 2.00 bits per heavy atom. The molecule has 1 unspecified atom stereocenters. The third-order valence-electron chi connectivity index (χ3n) is 3.54. The maximum absolute atomic E-state index is 12.6. The van der Waals surface area contributed by atoms with Crippen LogP contribution in [-0.2, 0) is 0 Å². The van der Waals surface area contributed by atoms with E-state index in [-0.39, 0.29) is 11.9 Å². The van der Waals surface area contributed by atoms with Crippen LogP contribution in [0.4, 0.5) is 0 Å². The van der Waals surface area contributed by atoms with Gasteiger partial charge in [0.25, 0.3) is 5.91 Å². The number of likely N-dealkylation sites (tertiary alicyclic amines) is 1. The van der Waals surface area contributed by atoms with E-state index >= 15 is 0 Å². The average molecular weight is 262 g/mol. The summed E-state index contributed by atoms with van der Waals surface area (Å²) in [4.78, 5) is 14.9. The van der Waals surface area contributed by atoms with E-state index in [1.54, 1.807) is 0 Å². The fraction of sp³-hybridized carbons (Fsp3) is 0.429. The van der Waals surface area contributed by atoms with Crippen molar-refractivity contribution in [1.82, 2.24) is 4.90 Å². The van der Waals surface area contributed by atoms with Crippen molar-refractivity contribution in [1.29, 1.82) is 0 Å². The van der Waals surface area contributed by atoms with Gasteiger partial charge >= 0.3 is 0 Å². The quantitative estimate of drug-likeness (QED) is 0.831. The van der Waals surface area contributed by atoms with Crippen molar-refractivity contribution in [2.75, 3.05) is 6.54 Å². The zero-order valence-electron chi connectivity index (χ0n) is 10.8. The van der Waals surface area contributed by atoms with E-state index in [0.717, 1.165) is 36.1 Å². The Balaban J connectivity index is 2.34. The summed E-state index contributed by atoms with van der Waals surface area (Å²) in [5, 5.41) is 0. The van der Waals surface area contributed by atoms with Crippen LogP contribution in [0.2, 0.25) is 0 Å². The molecule has 4 heteroatoms. The summed E-state index contributed by atoms with van der Waals surface area (Å²) < 4.78 is 0. The SMILES string of the molecule is Cc1cccc(C)c1C(=O)N1CCCC1C(N)=S. The molecular weight excluding hydrogens is 244 g/mol. The number of rotatable bonds is 2. The molecule has 0 saturated carbocycles. The summed E-state index contributed by atoms with van der Waals surface area (Å²) in [7, 11) is 0. The van der Waals surface area contributed by atoms with Crippen LogP contribution in [0.5, 0.6) is 0 Å². The summed E-state index contributed by atoms with van der Waals surface area (Å²) in [6.07, 6.45) is 1.85. The molecule has 96 valence electrons. The van der Waals surface area contributed by atoms with Gasteiger partial charge in [0, 0.05) is 12.1 Å². The Kier molecular flexibility index (Phi) is 3.66. The molecule has 1 saturated heterocycles. The molecule has 1 fully saturated rings. The third kappa shape index (κ3) is 2.25. The fourth-order valence-electron chi connectivity index (χ4n) is 2.60. The summed E-state index contributed by atoms with van der Waals surface area (Å²) in [6, 6.07) is 5.82. The molecular formula is C14H18N2OS. The molecule has 1 amide bonds. The highest BCUT2D eigenvalue weighted by molar-refractivity contribution is 7.80. The molecule has 0 spiro atoms. The zero-order valence-corrected chi connectivity index (χ0v) is 11.6. The van der Waals surface area contributed by atoms with E-state index in [4.69, 9.17) is 18.0 Å². The first-order valence-electron chi connectivity index (χ1n) is 6.19. The number of hydrogen-bond donors (Lipinski definition) is 1. The number of carbonyl (C=O) groups is 1. The number of hydrogen-bond acceptors (Lipinski definition) is 2. The Labute approximate surface area is 113 Å². The van der Waals surface area contributed by atoms with Gasteiger partial charge in [-0.3, -0.25) is 4.79 Å². The van der Waals surface area contributed by atoms with Gasteiger partial charge in [-0.2, -0.15) is 0 Å². The summed E-state index contributed by atoms with van der Waals surface area (Å²) >= 11 is 5.05. The maximum Gasteiger partial charge on any atom is 0.254 e. The molecule has 0 aromatic heterocycles. The first kappa shape index (κ1) is 13.0. The molecule has 18 heavy (non-hydrogen) atoms. The average Bonchev–Trinajstić information content (AvgIpc) is 2.77. The van der Waals surface area contributed by atoms with E-state index in [0.29, 0.717) is 4.99 Å². The molecule has 1 heterocycles. The van der Waals surface area contributed by atoms with Gasteiger partial charge in [-0.25, -0.2) is 0 Å². The number of thiocarbonyl (C=S) groups is 1. The van der Waals surface area contributed by atoms with Gasteiger partial charge in [-0.15, -0.1) is 0 Å². The minimum absolute atomic E-state index is 0.0564. The molecule has 1 aliphatic heterocycles. The molecule has 0 aliphatic carbocycles. The molecule has 1 aliphatic rings. The standard InChI is InChI=1S/C14H18N2OS/c1-9-5-3-6-10(2)12(9)14(17)16-8-4-7-11(16)13(15)18/h3,5-6,11H,4,7-8H2,1-2H3,(H2,15,18). The monoisotopic (exact) mass is 262 g/mol. The predicted octanol–water partition coefficient (Wildman–Crippen LogP) is 2.19. The van der Waals surface area contributed by atoms with Gasteiger partial charge in [0.05, 0.1) is 11.0 Å². The van der Waals surface area contributed by atoms with Gasteiger partial charge < -0.3 is 10.6 Å². The van der Waals surface area contributed by atoms with Crippen LogP contribution >= 0.6 is 12.2 Å². The minimum atomic E-state index is -0.0773. The van der Waals surface area contributed by atoms with E-state index in [1.807, 2.05) is 36.9 Å². The van der Waals surface area contributed by atoms with E-state index in [1.165, 1.54) is 0 Å². The minimum Gasteiger partial charge on any atom is -0.392 e. The molecule has 2 rings (SSSR count). The van der Waals surface area contributed by atoms with Gasteiger partial charge in [-0.1, -0.05) is 30.4 Å². The molecule has 3 nitrogen and oxygen atoms in total. The van der Waals surface area contributed by atoms with Gasteiger partial charge in [0.15, 0.2) is 0 Å². The molecule has 2 N–H and O–H groups in total.